The SMILES string of the molecule is Cn1[nH]c(CCN2CCCC2)nc1=S. The van der Waals surface area contributed by atoms with E-state index in [1.165, 1.54) is 25.9 Å². The Labute approximate surface area is 88.9 Å². The van der Waals surface area contributed by atoms with Crippen LogP contribution < -0.4 is 0 Å². The van der Waals surface area contributed by atoms with E-state index < -0.39 is 0 Å². The first-order valence-corrected chi connectivity index (χ1v) is 5.51. The molecule has 1 N–H and O–H groups in total. The van der Waals surface area contributed by atoms with E-state index >= 15 is 0 Å². The fourth-order valence-electron chi connectivity index (χ4n) is 1.84. The van der Waals surface area contributed by atoms with E-state index in [2.05, 4.69) is 15.0 Å². The van der Waals surface area contributed by atoms with Crippen molar-refractivity contribution >= 4 is 12.2 Å². The Hall–Kier alpha value is -0.680. The molecule has 0 saturated carbocycles. The highest BCUT2D eigenvalue weighted by Crippen LogP contribution is 2.07. The quantitative estimate of drug-likeness (QED) is 0.763. The molecule has 0 atom stereocenters. The van der Waals surface area contributed by atoms with Crippen molar-refractivity contribution in [3.63, 3.8) is 0 Å². The van der Waals surface area contributed by atoms with Gasteiger partial charge in [-0.05, 0) is 38.1 Å². The highest BCUT2D eigenvalue weighted by Gasteiger charge is 2.11. The molecule has 0 radical (unpaired) electrons. The zero-order chi connectivity index (χ0) is 9.97. The van der Waals surface area contributed by atoms with Gasteiger partial charge in [-0.25, -0.2) is 4.98 Å². The maximum Gasteiger partial charge on any atom is 0.215 e. The standard InChI is InChI=1S/C9H16N4S/c1-12-9(14)10-8(11-12)4-7-13-5-2-3-6-13/h2-7H2,1H3,(H,10,11,14). The van der Waals surface area contributed by atoms with Crippen LogP contribution in [0.3, 0.4) is 0 Å². The van der Waals surface area contributed by atoms with Crippen LogP contribution in [0.5, 0.6) is 0 Å². The van der Waals surface area contributed by atoms with Gasteiger partial charge in [-0.2, -0.15) is 0 Å². The normalized spacial score (nSPS) is 17.8. The van der Waals surface area contributed by atoms with E-state index in [1.807, 2.05) is 7.05 Å². The van der Waals surface area contributed by atoms with Crippen molar-refractivity contribution in [2.75, 3.05) is 19.6 Å². The van der Waals surface area contributed by atoms with Crippen LogP contribution in [0.2, 0.25) is 0 Å². The fraction of sp³-hybridized carbons (Fsp3) is 0.778. The monoisotopic (exact) mass is 212 g/mol. The first kappa shape index (κ1) is 9.86. The second-order valence-electron chi connectivity index (χ2n) is 3.81. The Kier molecular flexibility index (Phi) is 2.98. The third-order valence-corrected chi connectivity index (χ3v) is 3.04. The lowest BCUT2D eigenvalue weighted by molar-refractivity contribution is 0.340. The number of hydrogen-bond acceptors (Lipinski definition) is 3. The minimum Gasteiger partial charge on any atom is -0.303 e. The first-order chi connectivity index (χ1) is 6.75. The van der Waals surface area contributed by atoms with Crippen molar-refractivity contribution in [3.8, 4) is 0 Å². The van der Waals surface area contributed by atoms with E-state index in [-0.39, 0.29) is 0 Å². The van der Waals surface area contributed by atoms with Gasteiger partial charge in [0.1, 0.15) is 5.82 Å². The largest absolute Gasteiger partial charge is 0.303 e. The molecule has 1 aliphatic heterocycles. The number of aromatic amines is 1. The van der Waals surface area contributed by atoms with Crippen molar-refractivity contribution in [2.45, 2.75) is 19.3 Å². The predicted octanol–water partition coefficient (Wildman–Crippen LogP) is 1.12. The summed E-state index contributed by atoms with van der Waals surface area (Å²) in [6, 6.07) is 0. The maximum atomic E-state index is 5.03. The van der Waals surface area contributed by atoms with Crippen molar-refractivity contribution in [1.29, 1.82) is 0 Å². The molecule has 0 spiro atoms. The molecule has 14 heavy (non-hydrogen) atoms. The number of aryl methyl sites for hydroxylation is 1. The average Bonchev–Trinajstić information content (AvgIpc) is 2.74. The third-order valence-electron chi connectivity index (χ3n) is 2.68. The summed E-state index contributed by atoms with van der Waals surface area (Å²) >= 11 is 5.03. The average molecular weight is 212 g/mol. The molecule has 0 aliphatic carbocycles. The van der Waals surface area contributed by atoms with Gasteiger partial charge in [-0.15, -0.1) is 0 Å². The van der Waals surface area contributed by atoms with Gasteiger partial charge < -0.3 is 4.90 Å². The lowest BCUT2D eigenvalue weighted by atomic mass is 10.4. The van der Waals surface area contributed by atoms with Gasteiger partial charge in [0.05, 0.1) is 0 Å². The molecule has 1 aliphatic rings. The Balaban J connectivity index is 1.88. The molecule has 2 rings (SSSR count). The summed E-state index contributed by atoms with van der Waals surface area (Å²) in [4.78, 5) is 6.74. The molecule has 0 unspecified atom stereocenters. The molecule has 1 fully saturated rings. The zero-order valence-electron chi connectivity index (χ0n) is 8.49. The smallest absolute Gasteiger partial charge is 0.215 e. The fourth-order valence-corrected chi connectivity index (χ4v) is 1.99. The first-order valence-electron chi connectivity index (χ1n) is 5.10. The second kappa shape index (κ2) is 4.23. The van der Waals surface area contributed by atoms with Gasteiger partial charge in [-0.1, -0.05) is 0 Å². The Bertz CT molecular complexity index is 348. The molecule has 78 valence electrons. The van der Waals surface area contributed by atoms with Crippen LogP contribution in [0, 0.1) is 4.77 Å². The lowest BCUT2D eigenvalue weighted by Gasteiger charge is -2.12. The van der Waals surface area contributed by atoms with Gasteiger partial charge >= 0.3 is 0 Å². The maximum absolute atomic E-state index is 5.03. The van der Waals surface area contributed by atoms with Gasteiger partial charge in [0.25, 0.3) is 0 Å². The van der Waals surface area contributed by atoms with Crippen molar-refractivity contribution in [3.05, 3.63) is 10.6 Å². The molecular weight excluding hydrogens is 196 g/mol. The van der Waals surface area contributed by atoms with E-state index in [1.54, 1.807) is 4.68 Å². The summed E-state index contributed by atoms with van der Waals surface area (Å²) < 4.78 is 2.43. The number of aromatic nitrogens is 3. The van der Waals surface area contributed by atoms with Crippen LogP contribution in [-0.4, -0.2) is 39.3 Å². The molecule has 4 nitrogen and oxygen atoms in total. The predicted molar refractivity (Wildman–Crippen MR) is 57.8 cm³/mol. The number of hydrogen-bond donors (Lipinski definition) is 1. The summed E-state index contributed by atoms with van der Waals surface area (Å²) in [5.74, 6) is 1.00. The number of nitrogens with one attached hydrogen (secondary N) is 1. The molecule has 1 saturated heterocycles. The summed E-state index contributed by atoms with van der Waals surface area (Å²) in [5.41, 5.74) is 0. The zero-order valence-corrected chi connectivity index (χ0v) is 9.31. The molecular formula is C9H16N4S. The highest BCUT2D eigenvalue weighted by molar-refractivity contribution is 7.71. The van der Waals surface area contributed by atoms with Crippen molar-refractivity contribution < 1.29 is 0 Å². The molecule has 1 aromatic rings. The van der Waals surface area contributed by atoms with E-state index in [9.17, 15) is 0 Å². The van der Waals surface area contributed by atoms with Crippen molar-refractivity contribution in [2.24, 2.45) is 7.05 Å². The van der Waals surface area contributed by atoms with Gasteiger partial charge in [-0.3, -0.25) is 9.78 Å². The van der Waals surface area contributed by atoms with Crippen LogP contribution in [0.1, 0.15) is 18.7 Å². The lowest BCUT2D eigenvalue weighted by Crippen LogP contribution is -2.22. The van der Waals surface area contributed by atoms with Crippen LogP contribution in [0.4, 0.5) is 0 Å². The van der Waals surface area contributed by atoms with Gasteiger partial charge in [0.15, 0.2) is 0 Å². The summed E-state index contributed by atoms with van der Waals surface area (Å²) in [7, 11) is 1.90. The molecule has 0 amide bonds. The van der Waals surface area contributed by atoms with Crippen molar-refractivity contribution in [1.82, 2.24) is 19.7 Å². The summed E-state index contributed by atoms with van der Waals surface area (Å²) in [6.45, 7) is 3.59. The highest BCUT2D eigenvalue weighted by atomic mass is 32.1. The number of H-pyrrole nitrogens is 1. The van der Waals surface area contributed by atoms with Gasteiger partial charge in [0.2, 0.25) is 4.77 Å². The van der Waals surface area contributed by atoms with Crippen LogP contribution in [-0.2, 0) is 13.5 Å². The summed E-state index contributed by atoms with van der Waals surface area (Å²) in [6.07, 6.45) is 3.67. The molecule has 1 aromatic heterocycles. The van der Waals surface area contributed by atoms with Crippen LogP contribution in [0.15, 0.2) is 0 Å². The molecule has 5 heteroatoms. The number of rotatable bonds is 3. The summed E-state index contributed by atoms with van der Waals surface area (Å²) in [5, 5.41) is 3.14. The van der Waals surface area contributed by atoms with E-state index in [4.69, 9.17) is 12.2 Å². The van der Waals surface area contributed by atoms with E-state index in [0.717, 1.165) is 18.8 Å². The Morgan fingerprint density at radius 3 is 2.71 bits per heavy atom. The minimum absolute atomic E-state index is 0.640. The third kappa shape index (κ3) is 2.22. The van der Waals surface area contributed by atoms with Gasteiger partial charge in [0, 0.05) is 20.0 Å². The molecule has 0 aromatic carbocycles. The number of likely N-dealkylation sites (tertiary alicyclic amines) is 1. The second-order valence-corrected chi connectivity index (χ2v) is 4.18. The van der Waals surface area contributed by atoms with Crippen LogP contribution >= 0.6 is 12.2 Å². The molecule has 0 bridgehead atoms. The number of nitrogens with zero attached hydrogens (tertiary/aromatic N) is 3. The molecule has 2 heterocycles. The van der Waals surface area contributed by atoms with E-state index in [0.29, 0.717) is 4.77 Å². The Morgan fingerprint density at radius 2 is 2.14 bits per heavy atom. The Morgan fingerprint density at radius 1 is 1.43 bits per heavy atom. The van der Waals surface area contributed by atoms with Crippen LogP contribution in [0.25, 0.3) is 0 Å². The topological polar surface area (TPSA) is 36.9 Å². The minimum atomic E-state index is 0.640.